The maximum atomic E-state index is 14.3. The number of aliphatic hydroxyl groups excluding tert-OH is 10. The van der Waals surface area contributed by atoms with Crippen molar-refractivity contribution in [2.24, 2.45) is 0 Å². The zero-order valence-electron chi connectivity index (χ0n) is 56.8. The molecular formula is C68H127O24P. The lowest BCUT2D eigenvalue weighted by Crippen LogP contribution is -2.69. The topological polar surface area (TPSA) is 374 Å². The molecular weight excluding hydrogens is 1230 g/mol. The number of rotatable bonds is 56. The number of esters is 3. The lowest BCUT2D eigenvalue weighted by molar-refractivity contribution is -0.360. The van der Waals surface area contributed by atoms with Gasteiger partial charge in [0.1, 0.15) is 98.7 Å². The third-order valence-electron chi connectivity index (χ3n) is 18.1. The van der Waals surface area contributed by atoms with Crippen LogP contribution in [0, 0.1) is 0 Å². The summed E-state index contributed by atoms with van der Waals surface area (Å²) in [6.07, 6.45) is 6.22. The first kappa shape index (κ1) is 85.2. The van der Waals surface area contributed by atoms with Crippen LogP contribution < -0.4 is 0 Å². The van der Waals surface area contributed by atoms with Crippen LogP contribution in [0.25, 0.3) is 0 Å². The van der Waals surface area contributed by atoms with Crippen molar-refractivity contribution in [1.82, 2.24) is 0 Å². The highest BCUT2D eigenvalue weighted by atomic mass is 31.2. The van der Waals surface area contributed by atoms with Gasteiger partial charge in [0.2, 0.25) is 0 Å². The lowest BCUT2D eigenvalue weighted by Gasteiger charge is -2.49. The molecule has 1 aliphatic carbocycles. The summed E-state index contributed by atoms with van der Waals surface area (Å²) in [7, 11) is -5.69. The molecule has 1 saturated carbocycles. The minimum Gasteiger partial charge on any atom is -0.463 e. The monoisotopic (exact) mass is 1360 g/mol. The van der Waals surface area contributed by atoms with Gasteiger partial charge in [-0.05, 0) is 19.3 Å². The number of carbonyl (C=O) groups excluding carboxylic acids is 3. The Balaban J connectivity index is 1.75. The Morgan fingerprint density at radius 3 is 1.05 bits per heavy atom. The molecule has 2 heterocycles. The van der Waals surface area contributed by atoms with Gasteiger partial charge in [0, 0.05) is 19.3 Å². The Morgan fingerprint density at radius 2 is 0.688 bits per heavy atom. The second-order valence-electron chi connectivity index (χ2n) is 26.3. The molecule has 0 radical (unpaired) electrons. The number of unbranched alkanes of at least 4 members (excludes halogenated alkanes) is 35. The van der Waals surface area contributed by atoms with Gasteiger partial charge in [0.05, 0.1) is 13.2 Å². The van der Waals surface area contributed by atoms with Crippen molar-refractivity contribution >= 4 is 25.7 Å². The van der Waals surface area contributed by atoms with Crippen LogP contribution in [-0.2, 0) is 61.2 Å². The van der Waals surface area contributed by atoms with E-state index >= 15 is 0 Å². The van der Waals surface area contributed by atoms with Crippen molar-refractivity contribution < 1.29 is 117 Å². The molecule has 3 aliphatic rings. The van der Waals surface area contributed by atoms with Crippen LogP contribution in [0.15, 0.2) is 0 Å². The fourth-order valence-corrected chi connectivity index (χ4v) is 13.1. The second-order valence-corrected chi connectivity index (χ2v) is 27.7. The second kappa shape index (κ2) is 51.2. The lowest BCUT2D eigenvalue weighted by atomic mass is 9.84. The Hall–Kier alpha value is -2.04. The minimum absolute atomic E-state index is 0.0327. The van der Waals surface area contributed by atoms with E-state index in [9.17, 15) is 74.9 Å². The van der Waals surface area contributed by atoms with Gasteiger partial charge < -0.3 is 89.1 Å². The number of aliphatic hydroxyl groups is 10. The van der Waals surface area contributed by atoms with E-state index in [-0.39, 0.29) is 19.3 Å². The summed E-state index contributed by atoms with van der Waals surface area (Å²) in [6.45, 7) is 3.43. The summed E-state index contributed by atoms with van der Waals surface area (Å²) in [5, 5.41) is 110. The van der Waals surface area contributed by atoms with Gasteiger partial charge in [-0.25, -0.2) is 4.57 Å². The van der Waals surface area contributed by atoms with Crippen LogP contribution >= 0.6 is 7.82 Å². The molecule has 0 aromatic heterocycles. The van der Waals surface area contributed by atoms with Gasteiger partial charge in [0.15, 0.2) is 18.7 Å². The van der Waals surface area contributed by atoms with Crippen molar-refractivity contribution in [2.45, 2.75) is 388 Å². The molecule has 18 unspecified atom stereocenters. The number of hydrogen-bond donors (Lipinski definition) is 11. The molecule has 2 aliphatic heterocycles. The zero-order valence-corrected chi connectivity index (χ0v) is 57.7. The van der Waals surface area contributed by atoms with Gasteiger partial charge in [0.25, 0.3) is 0 Å². The highest BCUT2D eigenvalue weighted by Gasteiger charge is 2.58. The van der Waals surface area contributed by atoms with E-state index in [4.69, 9.17) is 42.2 Å². The van der Waals surface area contributed by atoms with Crippen molar-refractivity contribution in [3.8, 4) is 0 Å². The Labute approximate surface area is 555 Å². The number of phosphoric ester groups is 1. The molecule has 0 spiro atoms. The van der Waals surface area contributed by atoms with Crippen LogP contribution in [0.5, 0.6) is 0 Å². The molecule has 0 amide bonds. The molecule has 11 N–H and O–H groups in total. The first-order valence-corrected chi connectivity index (χ1v) is 37.8. The fraction of sp³-hybridized carbons (Fsp3) is 0.956. The molecule has 18 atom stereocenters. The predicted octanol–water partition coefficient (Wildman–Crippen LogP) is 9.01. The van der Waals surface area contributed by atoms with Gasteiger partial charge >= 0.3 is 25.7 Å². The highest BCUT2D eigenvalue weighted by Crippen LogP contribution is 2.49. The normalized spacial score (nSPS) is 28.4. The number of ether oxygens (including phenoxy) is 7. The van der Waals surface area contributed by atoms with E-state index in [1.807, 2.05) is 0 Å². The minimum atomic E-state index is -5.69. The number of phosphoric acid groups is 1. The maximum absolute atomic E-state index is 14.3. The number of carbonyl (C=O) groups is 3. The summed E-state index contributed by atoms with van der Waals surface area (Å²) < 4.78 is 64.9. The number of hydrogen-bond acceptors (Lipinski definition) is 23. The molecule has 2 saturated heterocycles. The van der Waals surface area contributed by atoms with Crippen molar-refractivity contribution in [3.05, 3.63) is 0 Å². The zero-order chi connectivity index (χ0) is 68.2. The van der Waals surface area contributed by atoms with Gasteiger partial charge in [-0.3, -0.25) is 23.4 Å². The van der Waals surface area contributed by atoms with E-state index < -0.39 is 156 Å². The molecule has 0 bridgehead atoms. The maximum Gasteiger partial charge on any atom is 0.472 e. The van der Waals surface area contributed by atoms with Crippen LogP contribution in [0.1, 0.15) is 284 Å². The largest absolute Gasteiger partial charge is 0.472 e. The van der Waals surface area contributed by atoms with E-state index in [1.165, 1.54) is 135 Å². The molecule has 0 aromatic rings. The SMILES string of the molecule is CCCCCCCCCCCCCCCCC(=O)OCC(COP(=O)(O)OC1C(OC2OC(CO)C(O)C(O)C2O)C(O)C(O)C(O)C1OC1OC(COC(=O)CCCCCCCCCCCCC)C(O)C(O)C1O)OC(=O)CCCCCCCCCCCCCCC. The molecule has 548 valence electrons. The predicted molar refractivity (Wildman–Crippen MR) is 347 cm³/mol. The summed E-state index contributed by atoms with van der Waals surface area (Å²) in [5.74, 6) is -1.98. The first-order chi connectivity index (χ1) is 44.8. The average molecular weight is 1360 g/mol. The van der Waals surface area contributed by atoms with Crippen molar-refractivity contribution in [3.63, 3.8) is 0 Å². The highest BCUT2D eigenvalue weighted by molar-refractivity contribution is 7.47. The standard InChI is InChI=1S/C68H127O24P/c1-4-7-10-13-16-19-22-24-26-28-31-33-36-39-42-52(70)84-46-49(87-54(72)44-41-38-35-32-29-25-23-20-17-14-11-8-5-2)47-86-93(82,83)92-66-64(90-67-62(80)57(75)55(73)50(45-69)88-67)60(78)59(77)61(79)65(66)91-68-63(81)58(76)56(74)51(89-68)48-85-53(71)43-40-37-34-30-27-21-18-15-12-9-6-3/h49-51,55-69,73-81H,4-48H2,1-3H3,(H,82,83). The van der Waals surface area contributed by atoms with Crippen LogP contribution in [-0.4, -0.2) is 204 Å². The fourth-order valence-electron chi connectivity index (χ4n) is 12.2. The Bertz CT molecular complexity index is 1940. The van der Waals surface area contributed by atoms with Crippen LogP contribution in [0.4, 0.5) is 0 Å². The molecule has 24 nitrogen and oxygen atoms in total. The third-order valence-corrected chi connectivity index (χ3v) is 19.1. The van der Waals surface area contributed by atoms with Gasteiger partial charge in [-0.1, -0.05) is 245 Å². The molecule has 25 heteroatoms. The summed E-state index contributed by atoms with van der Waals surface area (Å²) >= 11 is 0. The Kier molecular flexibility index (Phi) is 46.9. The average Bonchev–Trinajstić information content (AvgIpc) is 0.779. The quantitative estimate of drug-likeness (QED) is 0.0117. The molecule has 93 heavy (non-hydrogen) atoms. The third kappa shape index (κ3) is 35.0. The molecule has 3 rings (SSSR count). The van der Waals surface area contributed by atoms with E-state index in [1.54, 1.807) is 0 Å². The van der Waals surface area contributed by atoms with Crippen molar-refractivity contribution in [2.75, 3.05) is 26.4 Å². The van der Waals surface area contributed by atoms with E-state index in [0.717, 1.165) is 89.9 Å². The van der Waals surface area contributed by atoms with Gasteiger partial charge in [-0.2, -0.15) is 0 Å². The molecule has 3 fully saturated rings. The summed E-state index contributed by atoms with van der Waals surface area (Å²) in [4.78, 5) is 50.8. The van der Waals surface area contributed by atoms with E-state index in [2.05, 4.69) is 20.8 Å². The van der Waals surface area contributed by atoms with E-state index in [0.29, 0.717) is 19.3 Å². The van der Waals surface area contributed by atoms with Gasteiger partial charge in [-0.15, -0.1) is 0 Å². The van der Waals surface area contributed by atoms with Crippen LogP contribution in [0.3, 0.4) is 0 Å². The Morgan fingerprint density at radius 1 is 0.376 bits per heavy atom. The summed E-state index contributed by atoms with van der Waals surface area (Å²) in [5.41, 5.74) is 0. The summed E-state index contributed by atoms with van der Waals surface area (Å²) in [6, 6.07) is 0. The van der Waals surface area contributed by atoms with Crippen molar-refractivity contribution in [1.29, 1.82) is 0 Å². The molecule has 0 aromatic carbocycles. The first-order valence-electron chi connectivity index (χ1n) is 36.3. The smallest absolute Gasteiger partial charge is 0.463 e. The van der Waals surface area contributed by atoms with Crippen LogP contribution in [0.2, 0.25) is 0 Å².